The van der Waals surface area contributed by atoms with Gasteiger partial charge in [0.15, 0.2) is 0 Å². The number of rotatable bonds is 12. The molecule has 0 aromatic rings. The van der Waals surface area contributed by atoms with Crippen molar-refractivity contribution in [3.8, 4) is 0 Å². The summed E-state index contributed by atoms with van der Waals surface area (Å²) in [5, 5.41) is 0. The Morgan fingerprint density at radius 2 is 0.923 bits per heavy atom. The fraction of sp³-hybridized carbons (Fsp3) is 0.778. The monoisotopic (exact) mass is 374 g/mol. The van der Waals surface area contributed by atoms with Gasteiger partial charge in [-0.3, -0.25) is 19.2 Å². The molecule has 0 aromatic heterocycles. The van der Waals surface area contributed by atoms with Gasteiger partial charge in [0.2, 0.25) is 0 Å². The van der Waals surface area contributed by atoms with Gasteiger partial charge in [-0.15, -0.1) is 0 Å². The normalized spacial score (nSPS) is 15.3. The predicted octanol–water partition coefficient (Wildman–Crippen LogP) is 1.97. The van der Waals surface area contributed by atoms with Crippen molar-refractivity contribution in [1.29, 1.82) is 0 Å². The van der Waals surface area contributed by atoms with Crippen molar-refractivity contribution in [2.45, 2.75) is 84.7 Å². The highest BCUT2D eigenvalue weighted by molar-refractivity contribution is 5.77. The van der Waals surface area contributed by atoms with Crippen LogP contribution < -0.4 is 0 Å². The first-order valence-electron chi connectivity index (χ1n) is 8.64. The summed E-state index contributed by atoms with van der Waals surface area (Å²) in [6.07, 6.45) is -2.11. The maximum atomic E-state index is 11.8. The topological polar surface area (TPSA) is 105 Å². The van der Waals surface area contributed by atoms with Crippen LogP contribution in [0.3, 0.4) is 0 Å². The van der Waals surface area contributed by atoms with E-state index >= 15 is 0 Å². The van der Waals surface area contributed by atoms with E-state index in [0.29, 0.717) is 0 Å². The van der Waals surface area contributed by atoms with Gasteiger partial charge in [0, 0.05) is 13.5 Å². The van der Waals surface area contributed by atoms with Crippen LogP contribution in [-0.4, -0.2) is 55.2 Å². The summed E-state index contributed by atoms with van der Waals surface area (Å²) in [5.41, 5.74) is 0. The van der Waals surface area contributed by atoms with Crippen molar-refractivity contribution in [2.75, 3.05) is 7.11 Å². The maximum absolute atomic E-state index is 11.8. The van der Waals surface area contributed by atoms with E-state index in [9.17, 15) is 19.2 Å². The highest BCUT2D eigenvalue weighted by atomic mass is 16.6. The van der Waals surface area contributed by atoms with Gasteiger partial charge in [-0.2, -0.15) is 0 Å². The first-order valence-corrected chi connectivity index (χ1v) is 8.64. The molecule has 0 N–H and O–H groups in total. The minimum atomic E-state index is -0.684. The zero-order chi connectivity index (χ0) is 20.3. The highest BCUT2D eigenvalue weighted by Gasteiger charge is 2.21. The first kappa shape index (κ1) is 24.0. The number of hydrogen-bond acceptors (Lipinski definition) is 8. The molecule has 0 aliphatic rings. The number of hydrogen-bond donors (Lipinski definition) is 0. The summed E-state index contributed by atoms with van der Waals surface area (Å²) in [6.45, 7) is 7.91. The average Bonchev–Trinajstić information content (AvgIpc) is 2.44. The molecule has 0 bridgehead atoms. The van der Waals surface area contributed by atoms with Gasteiger partial charge in [-0.05, 0) is 34.6 Å². The Morgan fingerprint density at radius 1 is 0.615 bits per heavy atom. The van der Waals surface area contributed by atoms with Crippen LogP contribution in [0.15, 0.2) is 0 Å². The number of methoxy groups -OCH3 is 1. The van der Waals surface area contributed by atoms with Gasteiger partial charge in [0.1, 0.15) is 24.1 Å². The van der Waals surface area contributed by atoms with E-state index in [4.69, 9.17) is 18.9 Å². The minimum Gasteiger partial charge on any atom is -0.462 e. The molecule has 0 aliphatic heterocycles. The molecular formula is C18H30O8. The van der Waals surface area contributed by atoms with Crippen LogP contribution in [0.2, 0.25) is 0 Å². The summed E-state index contributed by atoms with van der Waals surface area (Å²) >= 11 is 0. The van der Waals surface area contributed by atoms with Crippen LogP contribution in [0.25, 0.3) is 0 Å². The molecule has 0 spiro atoms. The number of esters is 3. The number of carbonyl (C=O) groups excluding carboxylic acids is 4. The second-order valence-corrected chi connectivity index (χ2v) is 6.47. The molecule has 0 aliphatic carbocycles. The van der Waals surface area contributed by atoms with E-state index < -0.39 is 36.2 Å². The molecule has 8 heteroatoms. The SMILES string of the molecule is CO[C@H](C)CC(=O)O[C@H](C)CC(=O)O[C@@H](C)CC(=O)O[C@H](C)CC(C)=O. The molecule has 0 radical (unpaired) electrons. The minimum absolute atomic E-state index is 0.0757. The smallest absolute Gasteiger partial charge is 0.309 e. The van der Waals surface area contributed by atoms with Crippen molar-refractivity contribution < 1.29 is 38.1 Å². The summed E-state index contributed by atoms with van der Waals surface area (Å²) < 4.78 is 20.2. The Bertz CT molecular complexity index is 488. The van der Waals surface area contributed by atoms with Gasteiger partial charge in [-0.1, -0.05) is 0 Å². The van der Waals surface area contributed by atoms with Gasteiger partial charge in [0.25, 0.3) is 0 Å². The van der Waals surface area contributed by atoms with Crippen molar-refractivity contribution >= 4 is 23.7 Å². The zero-order valence-electron chi connectivity index (χ0n) is 16.4. The summed E-state index contributed by atoms with van der Waals surface area (Å²) in [5.74, 6) is -1.67. The molecule has 0 saturated carbocycles. The summed E-state index contributed by atoms with van der Waals surface area (Å²) in [4.78, 5) is 46.1. The van der Waals surface area contributed by atoms with E-state index in [-0.39, 0.29) is 37.6 Å². The predicted molar refractivity (Wildman–Crippen MR) is 92.3 cm³/mol. The van der Waals surface area contributed by atoms with Gasteiger partial charge < -0.3 is 18.9 Å². The molecule has 0 rings (SSSR count). The fourth-order valence-corrected chi connectivity index (χ4v) is 2.13. The van der Waals surface area contributed by atoms with Gasteiger partial charge in [-0.25, -0.2) is 0 Å². The second-order valence-electron chi connectivity index (χ2n) is 6.47. The molecule has 0 fully saturated rings. The number of ether oxygens (including phenoxy) is 4. The van der Waals surface area contributed by atoms with Gasteiger partial charge >= 0.3 is 17.9 Å². The van der Waals surface area contributed by atoms with Crippen LogP contribution >= 0.6 is 0 Å². The van der Waals surface area contributed by atoms with E-state index in [1.807, 2.05) is 0 Å². The lowest BCUT2D eigenvalue weighted by molar-refractivity contribution is -0.160. The molecule has 0 amide bonds. The number of carbonyl (C=O) groups is 4. The Labute approximate surface area is 154 Å². The van der Waals surface area contributed by atoms with Crippen molar-refractivity contribution in [1.82, 2.24) is 0 Å². The lowest BCUT2D eigenvalue weighted by Gasteiger charge is -2.17. The third-order valence-electron chi connectivity index (χ3n) is 3.34. The van der Waals surface area contributed by atoms with Crippen LogP contribution in [-0.2, 0) is 38.1 Å². The number of ketones is 1. The summed E-state index contributed by atoms with van der Waals surface area (Å²) in [7, 11) is 1.49. The molecule has 0 aromatic carbocycles. The molecule has 8 nitrogen and oxygen atoms in total. The maximum Gasteiger partial charge on any atom is 0.309 e. The van der Waals surface area contributed by atoms with E-state index in [0.717, 1.165) is 0 Å². The Balaban J connectivity index is 4.15. The largest absolute Gasteiger partial charge is 0.462 e. The quantitative estimate of drug-likeness (QED) is 0.377. The Hall–Kier alpha value is -1.96. The van der Waals surface area contributed by atoms with Crippen molar-refractivity contribution in [2.24, 2.45) is 0 Å². The standard InChI is InChI=1S/C18H30O8/c1-11(19)7-13(3)24-17(21)9-15(5)26-18(22)10-14(4)25-16(20)8-12(2)23-6/h12-15H,7-10H2,1-6H3/t12-,13-,14-,15+/m1/s1. The van der Waals surface area contributed by atoms with Crippen LogP contribution in [0.1, 0.15) is 60.3 Å². The molecular weight excluding hydrogens is 344 g/mol. The molecule has 0 unspecified atom stereocenters. The Morgan fingerprint density at radius 3 is 1.23 bits per heavy atom. The molecule has 0 heterocycles. The lowest BCUT2D eigenvalue weighted by atomic mass is 10.2. The molecule has 4 atom stereocenters. The first-order chi connectivity index (χ1) is 12.0. The number of Topliss-reactive ketones (excluding diaryl/α,β-unsaturated/α-hetero) is 1. The van der Waals surface area contributed by atoms with Crippen LogP contribution in [0.5, 0.6) is 0 Å². The fourth-order valence-electron chi connectivity index (χ4n) is 2.13. The van der Waals surface area contributed by atoms with Gasteiger partial charge in [0.05, 0.1) is 25.4 Å². The van der Waals surface area contributed by atoms with Crippen molar-refractivity contribution in [3.05, 3.63) is 0 Å². The lowest BCUT2D eigenvalue weighted by Crippen LogP contribution is -2.26. The van der Waals surface area contributed by atoms with E-state index in [1.165, 1.54) is 14.0 Å². The van der Waals surface area contributed by atoms with Crippen LogP contribution in [0.4, 0.5) is 0 Å². The Kier molecular flexibility index (Phi) is 11.5. The van der Waals surface area contributed by atoms with Crippen molar-refractivity contribution in [3.63, 3.8) is 0 Å². The highest BCUT2D eigenvalue weighted by Crippen LogP contribution is 2.09. The molecule has 0 saturated heterocycles. The molecule has 26 heavy (non-hydrogen) atoms. The van der Waals surface area contributed by atoms with E-state index in [2.05, 4.69) is 0 Å². The second kappa shape index (κ2) is 12.4. The van der Waals surface area contributed by atoms with Crippen LogP contribution in [0, 0.1) is 0 Å². The molecule has 150 valence electrons. The third kappa shape index (κ3) is 12.4. The van der Waals surface area contributed by atoms with E-state index in [1.54, 1.807) is 27.7 Å². The zero-order valence-corrected chi connectivity index (χ0v) is 16.4. The third-order valence-corrected chi connectivity index (χ3v) is 3.34. The summed E-state index contributed by atoms with van der Waals surface area (Å²) in [6, 6.07) is 0. The average molecular weight is 374 g/mol.